The van der Waals surface area contributed by atoms with E-state index in [4.69, 9.17) is 0 Å². The van der Waals surface area contributed by atoms with Gasteiger partial charge in [-0.2, -0.15) is 0 Å². The summed E-state index contributed by atoms with van der Waals surface area (Å²) in [6, 6.07) is 8.16. The summed E-state index contributed by atoms with van der Waals surface area (Å²) >= 11 is 0. The lowest BCUT2D eigenvalue weighted by Crippen LogP contribution is -2.25. The number of aryl methyl sites for hydroxylation is 1. The molecule has 0 aliphatic heterocycles. The second-order valence-corrected chi connectivity index (χ2v) is 4.46. The third kappa shape index (κ3) is 2.38. The zero-order valence-corrected chi connectivity index (χ0v) is 9.29. The Labute approximate surface area is 90.7 Å². The molecule has 1 saturated carbocycles. The zero-order valence-electron chi connectivity index (χ0n) is 9.29. The summed E-state index contributed by atoms with van der Waals surface area (Å²) in [5, 5.41) is 2.99. The molecule has 1 aromatic carbocycles. The molecular formula is C13H17NO. The van der Waals surface area contributed by atoms with Crippen LogP contribution in [0.4, 0.5) is 0 Å². The second kappa shape index (κ2) is 4.05. The van der Waals surface area contributed by atoms with Crippen molar-refractivity contribution in [3.8, 4) is 0 Å². The smallest absolute Gasteiger partial charge is 0.223 e. The van der Waals surface area contributed by atoms with Gasteiger partial charge < -0.3 is 5.32 Å². The minimum atomic E-state index is 0.214. The summed E-state index contributed by atoms with van der Waals surface area (Å²) in [6.07, 6.45) is 1.06. The highest BCUT2D eigenvalue weighted by Crippen LogP contribution is 2.37. The molecule has 2 rings (SSSR count). The van der Waals surface area contributed by atoms with Crippen molar-refractivity contribution < 1.29 is 4.79 Å². The van der Waals surface area contributed by atoms with E-state index in [0.29, 0.717) is 12.5 Å². The Morgan fingerprint density at radius 3 is 2.73 bits per heavy atom. The van der Waals surface area contributed by atoms with Crippen LogP contribution < -0.4 is 5.32 Å². The van der Waals surface area contributed by atoms with Gasteiger partial charge in [-0.05, 0) is 30.4 Å². The molecule has 0 bridgehead atoms. The van der Waals surface area contributed by atoms with E-state index < -0.39 is 0 Å². The van der Waals surface area contributed by atoms with Crippen molar-refractivity contribution in [1.29, 1.82) is 0 Å². The van der Waals surface area contributed by atoms with Crippen molar-refractivity contribution in [2.24, 2.45) is 11.8 Å². The van der Waals surface area contributed by atoms with Crippen molar-refractivity contribution in [3.05, 3.63) is 35.4 Å². The molecule has 2 atom stereocenters. The average molecular weight is 203 g/mol. The van der Waals surface area contributed by atoms with Crippen molar-refractivity contribution in [3.63, 3.8) is 0 Å². The van der Waals surface area contributed by atoms with Gasteiger partial charge in [-0.1, -0.05) is 31.2 Å². The zero-order chi connectivity index (χ0) is 10.8. The van der Waals surface area contributed by atoms with Crippen molar-refractivity contribution in [2.45, 2.75) is 26.8 Å². The summed E-state index contributed by atoms with van der Waals surface area (Å²) in [6.45, 7) is 4.86. The van der Waals surface area contributed by atoms with Crippen molar-refractivity contribution >= 4 is 5.91 Å². The van der Waals surface area contributed by atoms with Crippen LogP contribution in [-0.4, -0.2) is 5.91 Å². The first kappa shape index (κ1) is 10.2. The van der Waals surface area contributed by atoms with Gasteiger partial charge >= 0.3 is 0 Å². The highest BCUT2D eigenvalue weighted by molar-refractivity contribution is 5.81. The molecule has 1 aromatic rings. The van der Waals surface area contributed by atoms with E-state index in [-0.39, 0.29) is 11.8 Å². The van der Waals surface area contributed by atoms with E-state index in [0.717, 1.165) is 6.42 Å². The number of hydrogen-bond donors (Lipinski definition) is 1. The molecule has 1 fully saturated rings. The lowest BCUT2D eigenvalue weighted by Gasteiger charge is -2.07. The lowest BCUT2D eigenvalue weighted by atomic mass is 10.1. The van der Waals surface area contributed by atoms with Gasteiger partial charge in [0.05, 0.1) is 0 Å². The fourth-order valence-electron chi connectivity index (χ4n) is 1.81. The lowest BCUT2D eigenvalue weighted by molar-refractivity contribution is -0.122. The number of amides is 1. The van der Waals surface area contributed by atoms with Gasteiger partial charge in [-0.25, -0.2) is 0 Å². The van der Waals surface area contributed by atoms with Gasteiger partial charge in [0.2, 0.25) is 5.91 Å². The maximum absolute atomic E-state index is 11.6. The molecule has 2 nitrogen and oxygen atoms in total. The first-order valence-electron chi connectivity index (χ1n) is 5.50. The Balaban J connectivity index is 1.88. The van der Waals surface area contributed by atoms with E-state index in [2.05, 4.69) is 31.3 Å². The second-order valence-electron chi connectivity index (χ2n) is 4.46. The Morgan fingerprint density at radius 2 is 2.13 bits per heavy atom. The van der Waals surface area contributed by atoms with Gasteiger partial charge in [0.1, 0.15) is 0 Å². The number of carbonyl (C=O) groups is 1. The van der Waals surface area contributed by atoms with Crippen LogP contribution in [-0.2, 0) is 11.3 Å². The largest absolute Gasteiger partial charge is 0.352 e. The molecule has 0 heterocycles. The molecule has 0 aromatic heterocycles. The summed E-state index contributed by atoms with van der Waals surface area (Å²) in [5.41, 5.74) is 2.45. The number of benzene rings is 1. The maximum Gasteiger partial charge on any atom is 0.223 e. The minimum Gasteiger partial charge on any atom is -0.352 e. The first-order valence-corrected chi connectivity index (χ1v) is 5.50. The molecule has 1 aliphatic carbocycles. The Hall–Kier alpha value is -1.31. The molecule has 0 radical (unpaired) electrons. The highest BCUT2D eigenvalue weighted by atomic mass is 16.2. The van der Waals surface area contributed by atoms with E-state index >= 15 is 0 Å². The number of hydrogen-bond acceptors (Lipinski definition) is 1. The Bertz CT molecular complexity index is 373. The first-order chi connectivity index (χ1) is 7.18. The monoisotopic (exact) mass is 203 g/mol. The maximum atomic E-state index is 11.6. The van der Waals surface area contributed by atoms with E-state index in [1.54, 1.807) is 0 Å². The fraction of sp³-hybridized carbons (Fsp3) is 0.462. The SMILES string of the molecule is Cc1ccccc1CNC(=O)[C@@H]1C[C@H]1C. The molecule has 80 valence electrons. The van der Waals surface area contributed by atoms with Gasteiger partial charge in [-0.3, -0.25) is 4.79 Å². The molecule has 0 saturated heterocycles. The molecule has 15 heavy (non-hydrogen) atoms. The van der Waals surface area contributed by atoms with Gasteiger partial charge in [0.25, 0.3) is 0 Å². The van der Waals surface area contributed by atoms with Crippen LogP contribution in [0.25, 0.3) is 0 Å². The van der Waals surface area contributed by atoms with Crippen LogP contribution in [0.5, 0.6) is 0 Å². The number of carbonyl (C=O) groups excluding carboxylic acids is 1. The molecule has 0 spiro atoms. The van der Waals surface area contributed by atoms with Gasteiger partial charge in [0, 0.05) is 12.5 Å². The van der Waals surface area contributed by atoms with Crippen LogP contribution in [0, 0.1) is 18.8 Å². The third-order valence-corrected chi connectivity index (χ3v) is 3.16. The molecule has 1 N–H and O–H groups in total. The predicted molar refractivity (Wildman–Crippen MR) is 60.3 cm³/mol. The van der Waals surface area contributed by atoms with Crippen LogP contribution in [0.3, 0.4) is 0 Å². The normalized spacial score (nSPS) is 23.6. The molecular weight excluding hydrogens is 186 g/mol. The average Bonchev–Trinajstić information content (AvgIpc) is 2.94. The summed E-state index contributed by atoms with van der Waals surface area (Å²) < 4.78 is 0. The topological polar surface area (TPSA) is 29.1 Å². The van der Waals surface area contributed by atoms with Crippen LogP contribution in [0.2, 0.25) is 0 Å². The molecule has 2 heteroatoms. The van der Waals surface area contributed by atoms with Crippen molar-refractivity contribution in [1.82, 2.24) is 5.32 Å². The minimum absolute atomic E-state index is 0.214. The summed E-state index contributed by atoms with van der Waals surface area (Å²) in [7, 11) is 0. The van der Waals surface area contributed by atoms with E-state index in [1.165, 1.54) is 11.1 Å². The predicted octanol–water partition coefficient (Wildman–Crippen LogP) is 2.27. The summed E-state index contributed by atoms with van der Waals surface area (Å²) in [4.78, 5) is 11.6. The number of rotatable bonds is 3. The van der Waals surface area contributed by atoms with Crippen LogP contribution >= 0.6 is 0 Å². The Morgan fingerprint density at radius 1 is 1.47 bits per heavy atom. The third-order valence-electron chi connectivity index (χ3n) is 3.16. The number of nitrogens with one attached hydrogen (secondary N) is 1. The van der Waals surface area contributed by atoms with Gasteiger partial charge in [-0.15, -0.1) is 0 Å². The fourth-order valence-corrected chi connectivity index (χ4v) is 1.81. The van der Waals surface area contributed by atoms with Crippen LogP contribution in [0.15, 0.2) is 24.3 Å². The molecule has 1 amide bonds. The highest BCUT2D eigenvalue weighted by Gasteiger charge is 2.38. The van der Waals surface area contributed by atoms with Crippen LogP contribution in [0.1, 0.15) is 24.5 Å². The molecule has 0 unspecified atom stereocenters. The van der Waals surface area contributed by atoms with Crippen molar-refractivity contribution in [2.75, 3.05) is 0 Å². The standard InChI is InChI=1S/C13H17NO/c1-9-5-3-4-6-11(9)8-14-13(15)12-7-10(12)2/h3-6,10,12H,7-8H2,1-2H3,(H,14,15)/t10-,12-/m1/s1. The summed E-state index contributed by atoms with van der Waals surface area (Å²) in [5.74, 6) is 1.07. The molecule has 1 aliphatic rings. The Kier molecular flexibility index (Phi) is 2.76. The van der Waals surface area contributed by atoms with E-state index in [9.17, 15) is 4.79 Å². The van der Waals surface area contributed by atoms with Gasteiger partial charge in [0.15, 0.2) is 0 Å². The quantitative estimate of drug-likeness (QED) is 0.802. The van der Waals surface area contributed by atoms with E-state index in [1.807, 2.05) is 12.1 Å².